The first-order valence-corrected chi connectivity index (χ1v) is 4.75. The van der Waals surface area contributed by atoms with Gasteiger partial charge in [0.05, 0.1) is 17.5 Å². The Kier molecular flexibility index (Phi) is 3.91. The van der Waals surface area contributed by atoms with Crippen LogP contribution in [-0.2, 0) is 4.79 Å². The molecule has 0 saturated heterocycles. The van der Waals surface area contributed by atoms with Crippen molar-refractivity contribution in [3.63, 3.8) is 0 Å². The molecular formula is C10H11ClFNO2. The van der Waals surface area contributed by atoms with E-state index in [1.54, 1.807) is 6.92 Å². The van der Waals surface area contributed by atoms with Gasteiger partial charge < -0.3 is 10.5 Å². The van der Waals surface area contributed by atoms with E-state index >= 15 is 0 Å². The summed E-state index contributed by atoms with van der Waals surface area (Å²) < 4.78 is 17.9. The Labute approximate surface area is 92.0 Å². The minimum Gasteiger partial charge on any atom is -0.491 e. The molecule has 2 N–H and O–H groups in total. The van der Waals surface area contributed by atoms with Crippen LogP contribution in [0.1, 0.15) is 6.92 Å². The summed E-state index contributed by atoms with van der Waals surface area (Å²) in [5, 5.41) is 0.173. The molecule has 82 valence electrons. The SMILES string of the molecule is CC(COc1ccc(F)cc1Cl)C(N)=O. The Balaban J connectivity index is 2.62. The highest BCUT2D eigenvalue weighted by atomic mass is 35.5. The Morgan fingerprint density at radius 3 is 2.87 bits per heavy atom. The Morgan fingerprint density at radius 1 is 1.67 bits per heavy atom. The summed E-state index contributed by atoms with van der Waals surface area (Å²) in [7, 11) is 0. The van der Waals surface area contributed by atoms with Crippen LogP contribution < -0.4 is 10.5 Å². The highest BCUT2D eigenvalue weighted by Gasteiger charge is 2.10. The summed E-state index contributed by atoms with van der Waals surface area (Å²) >= 11 is 5.71. The molecule has 0 spiro atoms. The van der Waals surface area contributed by atoms with Crippen molar-refractivity contribution in [2.24, 2.45) is 11.7 Å². The van der Waals surface area contributed by atoms with E-state index in [1.165, 1.54) is 12.1 Å². The Hall–Kier alpha value is -1.29. The van der Waals surface area contributed by atoms with Crippen LogP contribution in [-0.4, -0.2) is 12.5 Å². The smallest absolute Gasteiger partial charge is 0.223 e. The summed E-state index contributed by atoms with van der Waals surface area (Å²) in [6, 6.07) is 3.79. The Morgan fingerprint density at radius 2 is 2.33 bits per heavy atom. The van der Waals surface area contributed by atoms with E-state index in [4.69, 9.17) is 22.1 Å². The molecule has 0 aliphatic heterocycles. The lowest BCUT2D eigenvalue weighted by molar-refractivity contribution is -0.122. The maximum atomic E-state index is 12.7. The molecule has 15 heavy (non-hydrogen) atoms. The third kappa shape index (κ3) is 3.40. The van der Waals surface area contributed by atoms with Gasteiger partial charge in [0.15, 0.2) is 0 Å². The third-order valence-corrected chi connectivity index (χ3v) is 2.16. The normalized spacial score (nSPS) is 12.2. The molecule has 0 saturated carbocycles. The summed E-state index contributed by atoms with van der Waals surface area (Å²) in [4.78, 5) is 10.7. The van der Waals surface area contributed by atoms with Crippen molar-refractivity contribution in [1.82, 2.24) is 0 Å². The lowest BCUT2D eigenvalue weighted by Gasteiger charge is -2.10. The minimum atomic E-state index is -0.451. The number of ether oxygens (including phenoxy) is 1. The first-order chi connectivity index (χ1) is 7.00. The first-order valence-electron chi connectivity index (χ1n) is 4.38. The average molecular weight is 232 g/mol. The van der Waals surface area contributed by atoms with E-state index in [0.29, 0.717) is 5.75 Å². The van der Waals surface area contributed by atoms with Crippen LogP contribution in [0.2, 0.25) is 5.02 Å². The molecule has 0 heterocycles. The molecule has 0 fully saturated rings. The Bertz CT molecular complexity index is 370. The zero-order valence-electron chi connectivity index (χ0n) is 8.17. The monoisotopic (exact) mass is 231 g/mol. The molecule has 0 aliphatic rings. The van der Waals surface area contributed by atoms with Crippen molar-refractivity contribution in [2.75, 3.05) is 6.61 Å². The number of amides is 1. The van der Waals surface area contributed by atoms with E-state index in [2.05, 4.69) is 0 Å². The number of carbonyl (C=O) groups is 1. The van der Waals surface area contributed by atoms with Gasteiger partial charge in [-0.3, -0.25) is 4.79 Å². The molecule has 0 bridgehead atoms. The van der Waals surface area contributed by atoms with Crippen LogP contribution in [0.25, 0.3) is 0 Å². The van der Waals surface area contributed by atoms with Gasteiger partial charge in [-0.15, -0.1) is 0 Å². The van der Waals surface area contributed by atoms with Crippen molar-refractivity contribution in [1.29, 1.82) is 0 Å². The lowest BCUT2D eigenvalue weighted by atomic mass is 10.2. The van der Waals surface area contributed by atoms with Gasteiger partial charge in [0.2, 0.25) is 5.91 Å². The number of carbonyl (C=O) groups excluding carboxylic acids is 1. The molecular weight excluding hydrogens is 221 g/mol. The second-order valence-corrected chi connectivity index (χ2v) is 3.60. The molecule has 0 aromatic heterocycles. The van der Waals surface area contributed by atoms with Crippen LogP contribution in [0, 0.1) is 11.7 Å². The van der Waals surface area contributed by atoms with Crippen LogP contribution in [0.3, 0.4) is 0 Å². The second-order valence-electron chi connectivity index (χ2n) is 3.19. The maximum Gasteiger partial charge on any atom is 0.223 e. The zero-order valence-corrected chi connectivity index (χ0v) is 8.92. The maximum absolute atomic E-state index is 12.7. The summed E-state index contributed by atoms with van der Waals surface area (Å²) in [5.74, 6) is -0.958. The predicted molar refractivity (Wildman–Crippen MR) is 55.3 cm³/mol. The van der Waals surface area contributed by atoms with Crippen LogP contribution in [0.15, 0.2) is 18.2 Å². The van der Waals surface area contributed by atoms with E-state index in [-0.39, 0.29) is 11.6 Å². The molecule has 1 rings (SSSR count). The third-order valence-electron chi connectivity index (χ3n) is 1.87. The van der Waals surface area contributed by atoms with Gasteiger partial charge in [-0.05, 0) is 18.2 Å². The molecule has 5 heteroatoms. The fourth-order valence-corrected chi connectivity index (χ4v) is 1.11. The van der Waals surface area contributed by atoms with Crippen molar-refractivity contribution in [3.8, 4) is 5.75 Å². The molecule has 1 aromatic rings. The van der Waals surface area contributed by atoms with E-state index < -0.39 is 17.6 Å². The van der Waals surface area contributed by atoms with Gasteiger partial charge in [0, 0.05) is 0 Å². The summed E-state index contributed by atoms with van der Waals surface area (Å²) in [6.45, 7) is 1.76. The molecule has 1 amide bonds. The molecule has 0 aliphatic carbocycles. The van der Waals surface area contributed by atoms with Gasteiger partial charge >= 0.3 is 0 Å². The second kappa shape index (κ2) is 4.98. The topological polar surface area (TPSA) is 52.3 Å². The molecule has 0 radical (unpaired) electrons. The lowest BCUT2D eigenvalue weighted by Crippen LogP contribution is -2.25. The first kappa shape index (κ1) is 11.8. The number of benzene rings is 1. The van der Waals surface area contributed by atoms with Crippen molar-refractivity contribution < 1.29 is 13.9 Å². The molecule has 1 unspecified atom stereocenters. The van der Waals surface area contributed by atoms with Crippen molar-refractivity contribution in [2.45, 2.75) is 6.92 Å². The van der Waals surface area contributed by atoms with Crippen LogP contribution in [0.4, 0.5) is 4.39 Å². The van der Waals surface area contributed by atoms with E-state index in [9.17, 15) is 9.18 Å². The molecule has 3 nitrogen and oxygen atoms in total. The number of nitrogens with two attached hydrogens (primary N) is 1. The number of rotatable bonds is 4. The molecule has 1 atom stereocenters. The summed E-state index contributed by atoms with van der Waals surface area (Å²) in [6.07, 6.45) is 0. The largest absolute Gasteiger partial charge is 0.491 e. The fraction of sp³-hybridized carbons (Fsp3) is 0.300. The van der Waals surface area contributed by atoms with Crippen molar-refractivity contribution >= 4 is 17.5 Å². The van der Waals surface area contributed by atoms with Gasteiger partial charge in [-0.1, -0.05) is 18.5 Å². The fourth-order valence-electron chi connectivity index (χ4n) is 0.889. The average Bonchev–Trinajstić information content (AvgIpc) is 2.15. The van der Waals surface area contributed by atoms with Crippen LogP contribution >= 0.6 is 11.6 Å². The van der Waals surface area contributed by atoms with Gasteiger partial charge in [0.25, 0.3) is 0 Å². The number of hydrogen-bond donors (Lipinski definition) is 1. The quantitative estimate of drug-likeness (QED) is 0.862. The van der Waals surface area contributed by atoms with Crippen molar-refractivity contribution in [3.05, 3.63) is 29.0 Å². The number of primary amides is 1. The standard InChI is InChI=1S/C10H11ClFNO2/c1-6(10(13)14)5-15-9-3-2-7(12)4-8(9)11/h2-4,6H,5H2,1H3,(H2,13,14). The summed E-state index contributed by atoms with van der Waals surface area (Å²) in [5.41, 5.74) is 5.05. The van der Waals surface area contributed by atoms with E-state index in [0.717, 1.165) is 6.07 Å². The van der Waals surface area contributed by atoms with E-state index in [1.807, 2.05) is 0 Å². The van der Waals surface area contributed by atoms with Gasteiger partial charge in [-0.25, -0.2) is 4.39 Å². The predicted octanol–water partition coefficient (Wildman–Crippen LogP) is 1.98. The number of hydrogen-bond acceptors (Lipinski definition) is 2. The van der Waals surface area contributed by atoms with Gasteiger partial charge in [0.1, 0.15) is 11.6 Å². The van der Waals surface area contributed by atoms with Crippen LogP contribution in [0.5, 0.6) is 5.75 Å². The highest BCUT2D eigenvalue weighted by molar-refractivity contribution is 6.32. The molecule has 1 aromatic carbocycles. The highest BCUT2D eigenvalue weighted by Crippen LogP contribution is 2.25. The zero-order chi connectivity index (χ0) is 11.4. The van der Waals surface area contributed by atoms with Gasteiger partial charge in [-0.2, -0.15) is 0 Å². The minimum absolute atomic E-state index is 0.126. The number of halogens is 2.